The Hall–Kier alpha value is -0.860. The summed E-state index contributed by atoms with van der Waals surface area (Å²) in [4.78, 5) is 3.92. The summed E-state index contributed by atoms with van der Waals surface area (Å²) in [7, 11) is 5.86. The van der Waals surface area contributed by atoms with Crippen molar-refractivity contribution in [2.24, 2.45) is 16.0 Å². The van der Waals surface area contributed by atoms with Gasteiger partial charge in [-0.1, -0.05) is 72.1 Å². The highest BCUT2D eigenvalue weighted by atomic mass is 15.4. The molecule has 0 heterocycles. The highest BCUT2D eigenvalue weighted by Crippen LogP contribution is 2.20. The van der Waals surface area contributed by atoms with Crippen molar-refractivity contribution in [3.05, 3.63) is 0 Å². The lowest BCUT2D eigenvalue weighted by Gasteiger charge is -2.18. The van der Waals surface area contributed by atoms with Crippen LogP contribution in [-0.4, -0.2) is 37.6 Å². The van der Waals surface area contributed by atoms with Crippen molar-refractivity contribution in [2.75, 3.05) is 21.1 Å². The van der Waals surface area contributed by atoms with E-state index in [2.05, 4.69) is 37.8 Å². The van der Waals surface area contributed by atoms with Crippen LogP contribution in [-0.2, 0) is 0 Å². The molecule has 0 unspecified atom stereocenters. The number of nitrogens with zero attached hydrogens (tertiary/aromatic N) is 3. The molecule has 152 valence electrons. The molecule has 0 aliphatic rings. The first kappa shape index (κ1) is 26.4. The lowest BCUT2D eigenvalue weighted by Crippen LogP contribution is -2.16. The minimum atomic E-state index is 0. The number of aliphatic imine (C=N–C) groups is 1. The van der Waals surface area contributed by atoms with Gasteiger partial charge < -0.3 is 5.01 Å². The largest absolute Gasteiger partial charge is 0.303 e. The quantitative estimate of drug-likeness (QED) is 0.194. The summed E-state index contributed by atoms with van der Waals surface area (Å²) in [6.07, 6.45) is 14.7. The van der Waals surface area contributed by atoms with Crippen molar-refractivity contribution in [3.8, 4) is 0 Å². The van der Waals surface area contributed by atoms with Crippen LogP contribution < -0.4 is 0 Å². The fraction of sp³-hybridized carbons (Fsp3) is 0.909. The number of rotatable bonds is 13. The van der Waals surface area contributed by atoms with E-state index >= 15 is 0 Å². The Labute approximate surface area is 160 Å². The van der Waals surface area contributed by atoms with Crippen molar-refractivity contribution >= 4 is 11.4 Å². The first-order valence-corrected chi connectivity index (χ1v) is 10.6. The van der Waals surface area contributed by atoms with Crippen LogP contribution >= 0.6 is 0 Å². The van der Waals surface area contributed by atoms with Crippen LogP contribution in [0.1, 0.15) is 107 Å². The molecule has 0 aliphatic carbocycles. The molecule has 0 aromatic carbocycles. The van der Waals surface area contributed by atoms with Crippen molar-refractivity contribution in [3.63, 3.8) is 0 Å². The maximum absolute atomic E-state index is 4.63. The van der Waals surface area contributed by atoms with Gasteiger partial charge in [-0.25, -0.2) is 0 Å². The Kier molecular flexibility index (Phi) is 20.5. The molecule has 0 rings (SSSR count). The van der Waals surface area contributed by atoms with Crippen molar-refractivity contribution in [1.82, 2.24) is 5.01 Å². The molecule has 0 saturated heterocycles. The molecule has 0 fully saturated rings. The van der Waals surface area contributed by atoms with Crippen LogP contribution in [0.25, 0.3) is 0 Å². The second-order valence-electron chi connectivity index (χ2n) is 7.30. The fourth-order valence-electron chi connectivity index (χ4n) is 2.75. The van der Waals surface area contributed by atoms with E-state index in [1.165, 1.54) is 75.6 Å². The molecule has 0 radical (unpaired) electrons. The molecule has 0 bridgehead atoms. The monoisotopic (exact) mass is 356 g/mol. The summed E-state index contributed by atoms with van der Waals surface area (Å²) < 4.78 is 0. The van der Waals surface area contributed by atoms with E-state index in [0.717, 1.165) is 6.42 Å². The predicted octanol–water partition coefficient (Wildman–Crippen LogP) is 7.21. The maximum Gasteiger partial charge on any atom is 0.0380 e. The molecule has 0 atom stereocenters. The zero-order valence-corrected chi connectivity index (χ0v) is 18.7. The Morgan fingerprint density at radius 1 is 0.840 bits per heavy atom. The lowest BCUT2D eigenvalue weighted by molar-refractivity contribution is 0.422. The highest BCUT2D eigenvalue weighted by molar-refractivity contribution is 5.84. The number of hydrogen-bond donors (Lipinski definition) is 0. The summed E-state index contributed by atoms with van der Waals surface area (Å²) in [5.41, 5.74) is 2.55. The first-order valence-electron chi connectivity index (χ1n) is 10.6. The molecule has 3 heteroatoms. The van der Waals surface area contributed by atoms with Gasteiger partial charge >= 0.3 is 0 Å². The summed E-state index contributed by atoms with van der Waals surface area (Å²) in [5.74, 6) is 0.705. The van der Waals surface area contributed by atoms with E-state index in [1.807, 2.05) is 33.1 Å². The van der Waals surface area contributed by atoms with Gasteiger partial charge in [0.05, 0.1) is 0 Å². The van der Waals surface area contributed by atoms with Gasteiger partial charge in [-0.2, -0.15) is 5.10 Å². The fourth-order valence-corrected chi connectivity index (χ4v) is 2.75. The summed E-state index contributed by atoms with van der Waals surface area (Å²) in [5, 5.41) is 6.57. The molecule has 0 spiro atoms. The van der Waals surface area contributed by atoms with Crippen LogP contribution in [0.5, 0.6) is 0 Å². The minimum absolute atomic E-state index is 0. The molecule has 0 amide bonds. The molecule has 0 N–H and O–H groups in total. The predicted molar refractivity (Wildman–Crippen MR) is 119 cm³/mol. The zero-order chi connectivity index (χ0) is 19.5. The van der Waals surface area contributed by atoms with Gasteiger partial charge in [-0.05, 0) is 39.0 Å². The number of hydrazone groups is 1. The van der Waals surface area contributed by atoms with E-state index in [1.54, 1.807) is 0 Å². The summed E-state index contributed by atoms with van der Waals surface area (Å²) >= 11 is 0. The van der Waals surface area contributed by atoms with Crippen LogP contribution in [0.2, 0.25) is 0 Å². The Bertz CT molecular complexity index is 326. The van der Waals surface area contributed by atoms with Crippen molar-refractivity contribution in [1.29, 1.82) is 0 Å². The van der Waals surface area contributed by atoms with Gasteiger partial charge in [0.2, 0.25) is 0 Å². The Balaban J connectivity index is -0.000000649. The zero-order valence-electron chi connectivity index (χ0n) is 18.7. The third kappa shape index (κ3) is 19.3. The van der Waals surface area contributed by atoms with Gasteiger partial charge in [-0.3, -0.25) is 4.99 Å². The molecular weight excluding hydrogens is 306 g/mol. The van der Waals surface area contributed by atoms with E-state index in [-0.39, 0.29) is 1.43 Å². The van der Waals surface area contributed by atoms with E-state index in [4.69, 9.17) is 0 Å². The SMILES string of the molecule is CCC(C)=NC.CCCCCCC(CCCCCC)/C(C)=N/N(C)C.[2HH]. The molecule has 25 heavy (non-hydrogen) atoms. The van der Waals surface area contributed by atoms with Crippen molar-refractivity contribution < 1.29 is 1.43 Å². The van der Waals surface area contributed by atoms with E-state index in [9.17, 15) is 0 Å². The molecule has 0 aromatic rings. The number of hydrogen-bond acceptors (Lipinski definition) is 3. The first-order chi connectivity index (χ1) is 11.9. The lowest BCUT2D eigenvalue weighted by atomic mass is 9.91. The second kappa shape index (κ2) is 19.5. The van der Waals surface area contributed by atoms with Gasteiger partial charge in [0, 0.05) is 34.0 Å². The average Bonchev–Trinajstić information content (AvgIpc) is 2.59. The Morgan fingerprint density at radius 3 is 1.60 bits per heavy atom. The van der Waals surface area contributed by atoms with E-state index < -0.39 is 0 Å². The van der Waals surface area contributed by atoms with E-state index in [0.29, 0.717) is 5.92 Å². The van der Waals surface area contributed by atoms with Crippen LogP contribution in [0.4, 0.5) is 0 Å². The van der Waals surface area contributed by atoms with Crippen LogP contribution in [0, 0.1) is 5.92 Å². The molecule has 0 aromatic heterocycles. The molecule has 0 saturated carbocycles. The van der Waals surface area contributed by atoms with Crippen molar-refractivity contribution in [2.45, 2.75) is 105 Å². The summed E-state index contributed by atoms with van der Waals surface area (Å²) in [6, 6.07) is 0. The third-order valence-electron chi connectivity index (χ3n) is 4.65. The van der Waals surface area contributed by atoms with Crippen LogP contribution in [0.3, 0.4) is 0 Å². The standard InChI is InChI=1S/C17H36N2.C5H11N.H2/c1-6-8-10-12-14-17(15-13-11-9-7-2)16(3)18-19(4)5;1-4-5(2)6-3;/h17H,6-15H2,1-5H3;4H2,1-3H3;1H/b18-16+;;/i;;1+1. The third-order valence-corrected chi connectivity index (χ3v) is 4.65. The maximum atomic E-state index is 4.63. The molecular formula is C22H49N3. The van der Waals surface area contributed by atoms with Gasteiger partial charge in [0.1, 0.15) is 0 Å². The minimum Gasteiger partial charge on any atom is -0.303 e. The topological polar surface area (TPSA) is 28.0 Å². The summed E-state index contributed by atoms with van der Waals surface area (Å²) in [6.45, 7) is 10.9. The van der Waals surface area contributed by atoms with Gasteiger partial charge in [0.25, 0.3) is 0 Å². The highest BCUT2D eigenvalue weighted by Gasteiger charge is 2.12. The average molecular weight is 357 g/mol. The smallest absolute Gasteiger partial charge is 0.0380 e. The normalized spacial score (nSPS) is 12.2. The van der Waals surface area contributed by atoms with Gasteiger partial charge in [0.15, 0.2) is 0 Å². The van der Waals surface area contributed by atoms with Gasteiger partial charge in [-0.15, -0.1) is 0 Å². The molecule has 3 nitrogen and oxygen atoms in total. The molecule has 0 aliphatic heterocycles. The Morgan fingerprint density at radius 2 is 1.32 bits per heavy atom. The second-order valence-corrected chi connectivity index (χ2v) is 7.30. The number of unbranched alkanes of at least 4 members (excludes halogenated alkanes) is 6. The van der Waals surface area contributed by atoms with Crippen LogP contribution in [0.15, 0.2) is 10.1 Å².